The number of benzene rings is 2. The van der Waals surface area contributed by atoms with E-state index >= 15 is 0 Å². The van der Waals surface area contributed by atoms with E-state index in [1.165, 1.54) is 12.2 Å². The molecule has 0 atom stereocenters. The fraction of sp³-hybridized carbons (Fsp3) is 0. The Hall–Kier alpha value is -3.81. The molecule has 0 spiro atoms. The van der Waals surface area contributed by atoms with Crippen molar-refractivity contribution in [1.82, 2.24) is 9.78 Å². The van der Waals surface area contributed by atoms with E-state index in [1.54, 1.807) is 17.1 Å². The van der Waals surface area contributed by atoms with E-state index in [0.717, 1.165) is 23.9 Å². The molecule has 1 heterocycles. The van der Waals surface area contributed by atoms with Crippen molar-refractivity contribution < 1.29 is 14.1 Å². The van der Waals surface area contributed by atoms with Crippen molar-refractivity contribution in [2.24, 2.45) is 0 Å². The minimum absolute atomic E-state index is 0.256. The van der Waals surface area contributed by atoms with Crippen LogP contribution in [0.2, 0.25) is 0 Å². The van der Waals surface area contributed by atoms with Gasteiger partial charge < -0.3 is 5.32 Å². The van der Waals surface area contributed by atoms with Crippen LogP contribution in [0.4, 0.5) is 15.8 Å². The SMILES string of the molecule is O=C(/C=C/c1cnn(-c2ccccc2)c1)Nc1cc([N+](=O)[O-])ccc1F. The molecule has 0 unspecified atom stereocenters. The minimum Gasteiger partial charge on any atom is -0.320 e. The summed E-state index contributed by atoms with van der Waals surface area (Å²) in [5.74, 6) is -1.37. The third-order valence-corrected chi connectivity index (χ3v) is 3.47. The molecule has 0 saturated carbocycles. The van der Waals surface area contributed by atoms with E-state index in [1.807, 2.05) is 30.3 Å². The zero-order valence-corrected chi connectivity index (χ0v) is 13.4. The van der Waals surface area contributed by atoms with Crippen molar-refractivity contribution in [3.63, 3.8) is 0 Å². The highest BCUT2D eigenvalue weighted by molar-refractivity contribution is 6.02. The predicted molar refractivity (Wildman–Crippen MR) is 94.3 cm³/mol. The number of nitrogens with zero attached hydrogens (tertiary/aromatic N) is 3. The minimum atomic E-state index is -0.755. The van der Waals surface area contributed by atoms with Gasteiger partial charge in [-0.25, -0.2) is 9.07 Å². The van der Waals surface area contributed by atoms with Gasteiger partial charge in [0.05, 0.1) is 22.5 Å². The van der Waals surface area contributed by atoms with E-state index < -0.39 is 16.6 Å². The first-order chi connectivity index (χ1) is 12.5. The highest BCUT2D eigenvalue weighted by Crippen LogP contribution is 2.21. The summed E-state index contributed by atoms with van der Waals surface area (Å²) >= 11 is 0. The molecule has 3 aromatic rings. The Balaban J connectivity index is 1.70. The molecule has 0 aliphatic heterocycles. The molecule has 0 aliphatic carbocycles. The topological polar surface area (TPSA) is 90.1 Å². The number of nitrogens with one attached hydrogen (secondary N) is 1. The lowest BCUT2D eigenvalue weighted by Gasteiger charge is -2.03. The summed E-state index contributed by atoms with van der Waals surface area (Å²) in [6, 6.07) is 12.4. The molecule has 3 rings (SSSR count). The van der Waals surface area contributed by atoms with E-state index in [2.05, 4.69) is 10.4 Å². The van der Waals surface area contributed by atoms with Crippen molar-refractivity contribution in [2.75, 3.05) is 5.32 Å². The van der Waals surface area contributed by atoms with Gasteiger partial charge in [0, 0.05) is 30.0 Å². The van der Waals surface area contributed by atoms with Gasteiger partial charge in [0.15, 0.2) is 0 Å². The molecule has 2 aromatic carbocycles. The van der Waals surface area contributed by atoms with Crippen LogP contribution in [0.25, 0.3) is 11.8 Å². The smallest absolute Gasteiger partial charge is 0.271 e. The van der Waals surface area contributed by atoms with Crippen molar-refractivity contribution in [3.8, 4) is 5.69 Å². The molecule has 1 amide bonds. The highest BCUT2D eigenvalue weighted by atomic mass is 19.1. The van der Waals surface area contributed by atoms with Crippen LogP contribution in [0.5, 0.6) is 0 Å². The highest BCUT2D eigenvalue weighted by Gasteiger charge is 2.12. The zero-order chi connectivity index (χ0) is 18.5. The molecule has 8 heteroatoms. The predicted octanol–water partition coefficient (Wildman–Crippen LogP) is 3.57. The second-order valence-electron chi connectivity index (χ2n) is 5.30. The van der Waals surface area contributed by atoms with E-state index in [-0.39, 0.29) is 11.4 Å². The van der Waals surface area contributed by atoms with Gasteiger partial charge in [-0.1, -0.05) is 18.2 Å². The number of carbonyl (C=O) groups is 1. The maximum atomic E-state index is 13.7. The van der Waals surface area contributed by atoms with Crippen LogP contribution in [0.3, 0.4) is 0 Å². The van der Waals surface area contributed by atoms with Gasteiger partial charge in [-0.2, -0.15) is 5.10 Å². The lowest BCUT2D eigenvalue weighted by atomic mass is 10.2. The van der Waals surface area contributed by atoms with E-state index in [4.69, 9.17) is 0 Å². The number of nitro benzene ring substituents is 1. The Morgan fingerprint density at radius 1 is 1.23 bits per heavy atom. The first kappa shape index (κ1) is 17.0. The van der Waals surface area contributed by atoms with Crippen LogP contribution >= 0.6 is 0 Å². The summed E-state index contributed by atoms with van der Waals surface area (Å²) in [4.78, 5) is 22.0. The van der Waals surface area contributed by atoms with Crippen LogP contribution in [-0.2, 0) is 4.79 Å². The number of nitro groups is 1. The molecule has 0 bridgehead atoms. The van der Waals surface area contributed by atoms with Gasteiger partial charge in [0.2, 0.25) is 5.91 Å². The normalized spacial score (nSPS) is 10.8. The number of carbonyl (C=O) groups excluding carboxylic acids is 1. The number of amides is 1. The third-order valence-electron chi connectivity index (χ3n) is 3.47. The Bertz CT molecular complexity index is 983. The number of anilines is 1. The molecule has 26 heavy (non-hydrogen) atoms. The quantitative estimate of drug-likeness (QED) is 0.432. The fourth-order valence-corrected chi connectivity index (χ4v) is 2.21. The second kappa shape index (κ2) is 7.39. The van der Waals surface area contributed by atoms with Gasteiger partial charge in [0.1, 0.15) is 5.82 Å². The molecule has 1 aromatic heterocycles. The molecule has 0 radical (unpaired) electrons. The van der Waals surface area contributed by atoms with Crippen LogP contribution in [0.15, 0.2) is 67.0 Å². The van der Waals surface area contributed by atoms with Gasteiger partial charge in [-0.15, -0.1) is 0 Å². The first-order valence-electron chi connectivity index (χ1n) is 7.56. The Morgan fingerprint density at radius 3 is 2.73 bits per heavy atom. The average molecular weight is 352 g/mol. The Kier molecular flexibility index (Phi) is 4.84. The largest absolute Gasteiger partial charge is 0.320 e. The van der Waals surface area contributed by atoms with Crippen molar-refractivity contribution >= 4 is 23.4 Å². The number of hydrogen-bond acceptors (Lipinski definition) is 4. The molecule has 1 N–H and O–H groups in total. The summed E-state index contributed by atoms with van der Waals surface area (Å²) < 4.78 is 15.3. The molecular formula is C18H13FN4O3. The molecule has 7 nitrogen and oxygen atoms in total. The molecule has 0 fully saturated rings. The van der Waals surface area contributed by atoms with E-state index in [0.29, 0.717) is 5.56 Å². The number of rotatable bonds is 5. The summed E-state index contributed by atoms with van der Waals surface area (Å²) in [5.41, 5.74) is 0.974. The second-order valence-corrected chi connectivity index (χ2v) is 5.30. The Morgan fingerprint density at radius 2 is 2.00 bits per heavy atom. The number of aromatic nitrogens is 2. The maximum Gasteiger partial charge on any atom is 0.271 e. The standard InChI is InChI=1S/C18H13FN4O3/c19-16-8-7-15(23(25)26)10-17(16)21-18(24)9-6-13-11-20-22(12-13)14-4-2-1-3-5-14/h1-12H,(H,21,24)/b9-6+. The summed E-state index contributed by atoms with van der Waals surface area (Å²) in [7, 11) is 0. The molecule has 130 valence electrons. The summed E-state index contributed by atoms with van der Waals surface area (Å²) in [5, 5.41) is 17.2. The first-order valence-corrected chi connectivity index (χ1v) is 7.56. The van der Waals surface area contributed by atoms with Gasteiger partial charge in [-0.3, -0.25) is 14.9 Å². The maximum absolute atomic E-state index is 13.7. The number of halogens is 1. The molecular weight excluding hydrogens is 339 g/mol. The van der Waals surface area contributed by atoms with E-state index in [9.17, 15) is 19.3 Å². The number of non-ortho nitro benzene ring substituents is 1. The van der Waals surface area contributed by atoms with Crippen LogP contribution in [-0.4, -0.2) is 20.6 Å². The van der Waals surface area contributed by atoms with Gasteiger partial charge >= 0.3 is 0 Å². The zero-order valence-electron chi connectivity index (χ0n) is 13.4. The van der Waals surface area contributed by atoms with Gasteiger partial charge in [0.25, 0.3) is 5.69 Å². The van der Waals surface area contributed by atoms with Crippen molar-refractivity contribution in [3.05, 3.63) is 88.5 Å². The number of para-hydroxylation sites is 1. The Labute approximate surface area is 147 Å². The monoisotopic (exact) mass is 352 g/mol. The van der Waals surface area contributed by atoms with Crippen LogP contribution in [0, 0.1) is 15.9 Å². The van der Waals surface area contributed by atoms with Crippen molar-refractivity contribution in [1.29, 1.82) is 0 Å². The fourth-order valence-electron chi connectivity index (χ4n) is 2.21. The van der Waals surface area contributed by atoms with Crippen molar-refractivity contribution in [2.45, 2.75) is 0 Å². The van der Waals surface area contributed by atoms with Crippen LogP contribution < -0.4 is 5.32 Å². The summed E-state index contributed by atoms with van der Waals surface area (Å²) in [6.07, 6.45) is 6.01. The summed E-state index contributed by atoms with van der Waals surface area (Å²) in [6.45, 7) is 0. The third kappa shape index (κ3) is 3.99. The number of hydrogen-bond donors (Lipinski definition) is 1. The van der Waals surface area contributed by atoms with Gasteiger partial charge in [-0.05, 0) is 24.3 Å². The molecule has 0 saturated heterocycles. The lowest BCUT2D eigenvalue weighted by molar-refractivity contribution is -0.384. The average Bonchev–Trinajstić information content (AvgIpc) is 3.11. The molecule has 0 aliphatic rings. The van der Waals surface area contributed by atoms with Crippen LogP contribution in [0.1, 0.15) is 5.56 Å². The lowest BCUT2D eigenvalue weighted by Crippen LogP contribution is -2.09.